The highest BCUT2D eigenvalue weighted by atomic mass is 16.7. The van der Waals surface area contributed by atoms with Gasteiger partial charge in [-0.25, -0.2) is 0 Å². The van der Waals surface area contributed by atoms with Crippen LogP contribution in [0.15, 0.2) is 36.4 Å². The van der Waals surface area contributed by atoms with E-state index >= 15 is 0 Å². The minimum Gasteiger partial charge on any atom is -0.399 e. The van der Waals surface area contributed by atoms with E-state index < -0.39 is 18.6 Å². The van der Waals surface area contributed by atoms with Crippen LogP contribution in [0.25, 0.3) is 10.8 Å². The van der Waals surface area contributed by atoms with Crippen molar-refractivity contribution >= 4 is 34.9 Å². The Morgan fingerprint density at radius 3 is 2.12 bits per heavy atom. The van der Waals surface area contributed by atoms with Crippen molar-refractivity contribution in [3.05, 3.63) is 36.4 Å². The maximum Gasteiger partial charge on any atom is 0.494 e. The molecule has 1 fully saturated rings. The molecule has 1 aliphatic rings. The first-order valence-corrected chi connectivity index (χ1v) is 8.82. The average Bonchev–Trinajstić information content (AvgIpc) is 2.74. The summed E-state index contributed by atoms with van der Waals surface area (Å²) >= 11 is 0. The minimum atomic E-state index is -1.42. The molecule has 0 spiro atoms. The SMILES string of the molecule is CC(C)(O)C(=O)Nc1ccc2cc(B3OC(C)(C)C(C)(C)O3)ccc2c1. The Labute approximate surface area is 154 Å². The summed E-state index contributed by atoms with van der Waals surface area (Å²) in [4.78, 5) is 11.9. The fraction of sp³-hybridized carbons (Fsp3) is 0.450. The molecular formula is C20H26BNO4. The Morgan fingerprint density at radius 1 is 1.00 bits per heavy atom. The molecule has 138 valence electrons. The molecular weight excluding hydrogens is 329 g/mol. The summed E-state index contributed by atoms with van der Waals surface area (Å²) in [6.07, 6.45) is 0. The van der Waals surface area contributed by atoms with Crippen LogP contribution in [0.3, 0.4) is 0 Å². The topological polar surface area (TPSA) is 67.8 Å². The first-order chi connectivity index (χ1) is 11.9. The summed E-state index contributed by atoms with van der Waals surface area (Å²) in [5, 5.41) is 14.5. The lowest BCUT2D eigenvalue weighted by Crippen LogP contribution is -2.41. The third-order valence-electron chi connectivity index (χ3n) is 5.20. The third kappa shape index (κ3) is 3.49. The number of aliphatic hydroxyl groups is 1. The van der Waals surface area contributed by atoms with Crippen LogP contribution in [0.4, 0.5) is 5.69 Å². The summed E-state index contributed by atoms with van der Waals surface area (Å²) in [5.74, 6) is -0.439. The molecule has 0 atom stereocenters. The van der Waals surface area contributed by atoms with Gasteiger partial charge in [-0.2, -0.15) is 0 Å². The molecule has 1 aliphatic heterocycles. The van der Waals surface area contributed by atoms with Gasteiger partial charge >= 0.3 is 7.12 Å². The van der Waals surface area contributed by atoms with Crippen LogP contribution in [-0.4, -0.2) is 34.9 Å². The molecule has 0 unspecified atom stereocenters. The van der Waals surface area contributed by atoms with E-state index in [0.717, 1.165) is 16.2 Å². The number of carbonyl (C=O) groups excluding carboxylic acids is 1. The van der Waals surface area contributed by atoms with E-state index in [9.17, 15) is 9.90 Å². The van der Waals surface area contributed by atoms with Gasteiger partial charge in [0.15, 0.2) is 0 Å². The van der Waals surface area contributed by atoms with Gasteiger partial charge in [-0.3, -0.25) is 4.79 Å². The number of anilines is 1. The van der Waals surface area contributed by atoms with Crippen molar-refractivity contribution in [1.82, 2.24) is 0 Å². The van der Waals surface area contributed by atoms with Gasteiger partial charge in [0, 0.05) is 5.69 Å². The van der Waals surface area contributed by atoms with Crippen molar-refractivity contribution in [1.29, 1.82) is 0 Å². The highest BCUT2D eigenvalue weighted by Gasteiger charge is 2.51. The first kappa shape index (κ1) is 18.9. The predicted octanol–water partition coefficient (Wildman–Crippen LogP) is 2.85. The van der Waals surface area contributed by atoms with Gasteiger partial charge in [0.2, 0.25) is 0 Å². The van der Waals surface area contributed by atoms with E-state index in [1.807, 2.05) is 64.1 Å². The number of nitrogens with one attached hydrogen (secondary N) is 1. The second kappa shape index (κ2) is 6.08. The maximum atomic E-state index is 11.9. The quantitative estimate of drug-likeness (QED) is 0.831. The van der Waals surface area contributed by atoms with Crippen molar-refractivity contribution in [3.8, 4) is 0 Å². The summed E-state index contributed by atoms with van der Waals surface area (Å²) in [7, 11) is -0.404. The first-order valence-electron chi connectivity index (χ1n) is 8.82. The normalized spacial score (nSPS) is 19.0. The van der Waals surface area contributed by atoms with Crippen LogP contribution < -0.4 is 10.8 Å². The fourth-order valence-corrected chi connectivity index (χ4v) is 2.75. The molecule has 0 aromatic heterocycles. The van der Waals surface area contributed by atoms with E-state index in [4.69, 9.17) is 9.31 Å². The largest absolute Gasteiger partial charge is 0.494 e. The zero-order valence-electron chi connectivity index (χ0n) is 16.2. The van der Waals surface area contributed by atoms with Gasteiger partial charge in [0.25, 0.3) is 5.91 Å². The number of rotatable bonds is 3. The zero-order chi connectivity index (χ0) is 19.3. The lowest BCUT2D eigenvalue weighted by atomic mass is 9.78. The van der Waals surface area contributed by atoms with Crippen LogP contribution in [0.2, 0.25) is 0 Å². The van der Waals surface area contributed by atoms with Gasteiger partial charge in [-0.1, -0.05) is 24.3 Å². The van der Waals surface area contributed by atoms with Crippen molar-refractivity contribution in [2.24, 2.45) is 0 Å². The molecule has 0 bridgehead atoms. The molecule has 0 aliphatic carbocycles. The number of amides is 1. The van der Waals surface area contributed by atoms with Crippen LogP contribution in [0, 0.1) is 0 Å². The van der Waals surface area contributed by atoms with E-state index in [2.05, 4.69) is 5.32 Å². The second-order valence-corrected chi connectivity index (χ2v) is 8.42. The van der Waals surface area contributed by atoms with E-state index in [1.54, 1.807) is 0 Å². The number of benzene rings is 2. The second-order valence-electron chi connectivity index (χ2n) is 8.42. The van der Waals surface area contributed by atoms with Gasteiger partial charge in [-0.05, 0) is 69.9 Å². The molecule has 6 heteroatoms. The number of hydrogen-bond acceptors (Lipinski definition) is 4. The Kier molecular flexibility index (Phi) is 4.42. The molecule has 0 radical (unpaired) electrons. The predicted molar refractivity (Wildman–Crippen MR) is 105 cm³/mol. The molecule has 1 amide bonds. The van der Waals surface area contributed by atoms with E-state index in [0.29, 0.717) is 5.69 Å². The molecule has 0 saturated carbocycles. The molecule has 2 N–H and O–H groups in total. The van der Waals surface area contributed by atoms with Crippen molar-refractivity contribution < 1.29 is 19.2 Å². The standard InChI is InChI=1S/C20H26BNO4/c1-18(2,24)17(23)22-16-10-8-13-11-15(9-7-14(13)12-16)21-25-19(3,4)20(5,6)26-21/h7-12,24H,1-6H3,(H,22,23). The van der Waals surface area contributed by atoms with Crippen molar-refractivity contribution in [3.63, 3.8) is 0 Å². The van der Waals surface area contributed by atoms with Crippen molar-refractivity contribution in [2.45, 2.75) is 58.3 Å². The monoisotopic (exact) mass is 355 g/mol. The van der Waals surface area contributed by atoms with Crippen LogP contribution in [0.5, 0.6) is 0 Å². The summed E-state index contributed by atoms with van der Waals surface area (Å²) in [6.45, 7) is 11.1. The number of carbonyl (C=O) groups is 1. The Hall–Kier alpha value is -1.89. The molecule has 2 aromatic carbocycles. The Balaban J connectivity index is 1.85. The van der Waals surface area contributed by atoms with Gasteiger partial charge in [0.05, 0.1) is 11.2 Å². The Morgan fingerprint density at radius 2 is 1.54 bits per heavy atom. The highest BCUT2D eigenvalue weighted by Crippen LogP contribution is 2.36. The molecule has 26 heavy (non-hydrogen) atoms. The average molecular weight is 355 g/mol. The molecule has 2 aromatic rings. The molecule has 1 heterocycles. The summed E-state index contributed by atoms with van der Waals surface area (Å²) < 4.78 is 12.2. The van der Waals surface area contributed by atoms with Crippen LogP contribution >= 0.6 is 0 Å². The lowest BCUT2D eigenvalue weighted by Gasteiger charge is -2.32. The zero-order valence-corrected chi connectivity index (χ0v) is 16.2. The summed E-state index contributed by atoms with van der Waals surface area (Å²) in [5.41, 5.74) is -0.567. The van der Waals surface area contributed by atoms with Crippen LogP contribution in [-0.2, 0) is 14.1 Å². The van der Waals surface area contributed by atoms with E-state index in [-0.39, 0.29) is 11.2 Å². The van der Waals surface area contributed by atoms with Gasteiger partial charge < -0.3 is 19.7 Å². The van der Waals surface area contributed by atoms with Gasteiger partial charge in [-0.15, -0.1) is 0 Å². The summed E-state index contributed by atoms with van der Waals surface area (Å²) in [6, 6.07) is 11.6. The molecule has 3 rings (SSSR count). The van der Waals surface area contributed by atoms with E-state index in [1.165, 1.54) is 13.8 Å². The van der Waals surface area contributed by atoms with Crippen molar-refractivity contribution in [2.75, 3.05) is 5.32 Å². The molecule has 1 saturated heterocycles. The smallest absolute Gasteiger partial charge is 0.399 e. The minimum absolute atomic E-state index is 0.377. The van der Waals surface area contributed by atoms with Crippen LogP contribution in [0.1, 0.15) is 41.5 Å². The molecule has 5 nitrogen and oxygen atoms in total. The number of hydrogen-bond donors (Lipinski definition) is 2. The Bertz CT molecular complexity index is 839. The van der Waals surface area contributed by atoms with Gasteiger partial charge in [0.1, 0.15) is 5.60 Å². The fourth-order valence-electron chi connectivity index (χ4n) is 2.75. The third-order valence-corrected chi connectivity index (χ3v) is 5.20. The maximum absolute atomic E-state index is 11.9. The number of fused-ring (bicyclic) bond motifs is 1. The lowest BCUT2D eigenvalue weighted by molar-refractivity contribution is -0.130. The highest BCUT2D eigenvalue weighted by molar-refractivity contribution is 6.62.